The van der Waals surface area contributed by atoms with E-state index in [9.17, 15) is 4.79 Å². The monoisotopic (exact) mass is 343 g/mol. The molecule has 138 valence electrons. The summed E-state index contributed by atoms with van der Waals surface area (Å²) in [6.07, 6.45) is 5.16. The second-order valence-electron chi connectivity index (χ2n) is 9.11. The lowest BCUT2D eigenvalue weighted by Gasteiger charge is -2.47. The first-order chi connectivity index (χ1) is 11.7. The van der Waals surface area contributed by atoms with Gasteiger partial charge in [-0.15, -0.1) is 0 Å². The van der Waals surface area contributed by atoms with Gasteiger partial charge < -0.3 is 15.5 Å². The number of nitrogens with zero attached hydrogens (tertiary/aromatic N) is 1. The summed E-state index contributed by atoms with van der Waals surface area (Å²) >= 11 is 0. The predicted octanol–water partition coefficient (Wildman–Crippen LogP) is 3.71. The molecule has 0 aromatic heterocycles. The molecule has 0 atom stereocenters. The lowest BCUT2D eigenvalue weighted by Crippen LogP contribution is -2.63. The number of hydrogen-bond acceptors (Lipinski definition) is 2. The van der Waals surface area contributed by atoms with Crippen molar-refractivity contribution in [1.82, 2.24) is 15.5 Å². The number of carbonyl (C=O) groups excluding carboxylic acids is 1. The Hall–Kier alpha value is -1.55. The molecule has 4 heteroatoms. The Morgan fingerprint density at radius 1 is 1.12 bits per heavy atom. The molecule has 2 amide bonds. The van der Waals surface area contributed by atoms with Gasteiger partial charge >= 0.3 is 6.03 Å². The molecule has 1 saturated heterocycles. The first-order valence-electron chi connectivity index (χ1n) is 9.65. The first-order valence-corrected chi connectivity index (χ1v) is 9.65. The number of nitrogens with one attached hydrogen (secondary N) is 2. The van der Waals surface area contributed by atoms with Crippen LogP contribution in [-0.4, -0.2) is 40.6 Å². The maximum Gasteiger partial charge on any atom is 0.317 e. The average molecular weight is 344 g/mol. The Labute approximate surface area is 152 Å². The standard InChI is InChI=1S/C21H33N3O/c1-20(2)14-17(15-21(3,4)23-20)22-19(25)24(18-10-11-18)13-12-16-8-6-5-7-9-16/h5-9,17-18,23H,10-15H2,1-4H3,(H,22,25). The van der Waals surface area contributed by atoms with Crippen molar-refractivity contribution in [1.29, 1.82) is 0 Å². The van der Waals surface area contributed by atoms with Gasteiger partial charge in [0.15, 0.2) is 0 Å². The average Bonchev–Trinajstić information content (AvgIpc) is 3.30. The summed E-state index contributed by atoms with van der Waals surface area (Å²) in [6, 6.07) is 11.2. The van der Waals surface area contributed by atoms with Gasteiger partial charge in [-0.2, -0.15) is 0 Å². The van der Waals surface area contributed by atoms with Crippen molar-refractivity contribution < 1.29 is 4.79 Å². The molecule has 2 aliphatic rings. The highest BCUT2D eigenvalue weighted by atomic mass is 16.2. The fraction of sp³-hybridized carbons (Fsp3) is 0.667. The zero-order chi connectivity index (χ0) is 18.1. The van der Waals surface area contributed by atoms with E-state index >= 15 is 0 Å². The molecule has 4 nitrogen and oxygen atoms in total. The van der Waals surface area contributed by atoms with Gasteiger partial charge in [-0.05, 0) is 65.4 Å². The topological polar surface area (TPSA) is 44.4 Å². The summed E-state index contributed by atoms with van der Waals surface area (Å²) in [7, 11) is 0. The van der Waals surface area contributed by atoms with Crippen LogP contribution in [0, 0.1) is 0 Å². The third-order valence-corrected chi connectivity index (χ3v) is 5.25. The van der Waals surface area contributed by atoms with E-state index in [2.05, 4.69) is 67.5 Å². The van der Waals surface area contributed by atoms with Crippen LogP contribution in [0.15, 0.2) is 30.3 Å². The molecule has 0 bridgehead atoms. The summed E-state index contributed by atoms with van der Waals surface area (Å²) in [5.41, 5.74) is 1.40. The molecular weight excluding hydrogens is 310 g/mol. The van der Waals surface area contributed by atoms with E-state index in [0.29, 0.717) is 6.04 Å². The zero-order valence-electron chi connectivity index (χ0n) is 16.1. The van der Waals surface area contributed by atoms with E-state index in [1.807, 2.05) is 6.07 Å². The molecule has 1 aliphatic heterocycles. The van der Waals surface area contributed by atoms with E-state index < -0.39 is 0 Å². The van der Waals surface area contributed by atoms with Crippen molar-refractivity contribution in [2.75, 3.05) is 6.54 Å². The van der Waals surface area contributed by atoms with Crippen molar-refractivity contribution in [3.05, 3.63) is 35.9 Å². The molecular formula is C21H33N3O. The normalized spacial score (nSPS) is 22.4. The lowest BCUT2D eigenvalue weighted by atomic mass is 9.79. The third kappa shape index (κ3) is 5.21. The van der Waals surface area contributed by atoms with Crippen LogP contribution in [0.3, 0.4) is 0 Å². The summed E-state index contributed by atoms with van der Waals surface area (Å²) in [5.74, 6) is 0. The molecule has 2 N–H and O–H groups in total. The zero-order valence-corrected chi connectivity index (χ0v) is 16.1. The van der Waals surface area contributed by atoms with Crippen LogP contribution in [0.5, 0.6) is 0 Å². The van der Waals surface area contributed by atoms with Crippen molar-refractivity contribution in [2.45, 2.75) is 83.0 Å². The van der Waals surface area contributed by atoms with Gasteiger partial charge in [-0.25, -0.2) is 4.79 Å². The van der Waals surface area contributed by atoms with E-state index in [-0.39, 0.29) is 23.2 Å². The molecule has 3 rings (SSSR count). The van der Waals surface area contributed by atoms with Crippen LogP contribution < -0.4 is 10.6 Å². The first kappa shape index (κ1) is 18.2. The van der Waals surface area contributed by atoms with Crippen LogP contribution in [0.25, 0.3) is 0 Å². The van der Waals surface area contributed by atoms with Crippen LogP contribution >= 0.6 is 0 Å². The van der Waals surface area contributed by atoms with Crippen LogP contribution in [0.2, 0.25) is 0 Å². The minimum absolute atomic E-state index is 0.0497. The number of benzene rings is 1. The second-order valence-corrected chi connectivity index (χ2v) is 9.11. The molecule has 0 spiro atoms. The maximum atomic E-state index is 12.9. The minimum atomic E-state index is 0.0497. The molecule has 1 saturated carbocycles. The molecule has 0 radical (unpaired) electrons. The maximum absolute atomic E-state index is 12.9. The Bertz CT molecular complexity index is 576. The Balaban J connectivity index is 1.59. The van der Waals surface area contributed by atoms with Gasteiger partial charge in [0.2, 0.25) is 0 Å². The SMILES string of the molecule is CC1(C)CC(NC(=O)N(CCc2ccccc2)C2CC2)CC(C)(C)N1. The molecule has 1 aromatic rings. The Kier molecular flexibility index (Phi) is 5.10. The summed E-state index contributed by atoms with van der Waals surface area (Å²) in [5, 5.41) is 7.02. The van der Waals surface area contributed by atoms with Gasteiger partial charge in [0.25, 0.3) is 0 Å². The molecule has 1 aromatic carbocycles. The van der Waals surface area contributed by atoms with E-state index in [0.717, 1.165) is 38.6 Å². The second kappa shape index (κ2) is 6.99. The van der Waals surface area contributed by atoms with Crippen molar-refractivity contribution in [3.8, 4) is 0 Å². The highest BCUT2D eigenvalue weighted by Crippen LogP contribution is 2.30. The number of carbonyl (C=O) groups is 1. The van der Waals surface area contributed by atoms with E-state index in [1.165, 1.54) is 5.56 Å². The summed E-state index contributed by atoms with van der Waals surface area (Å²) < 4.78 is 0. The summed E-state index contributed by atoms with van der Waals surface area (Å²) in [6.45, 7) is 9.70. The molecule has 25 heavy (non-hydrogen) atoms. The van der Waals surface area contributed by atoms with Gasteiger partial charge in [0, 0.05) is 29.7 Å². The van der Waals surface area contributed by atoms with Crippen molar-refractivity contribution >= 4 is 6.03 Å². The smallest absolute Gasteiger partial charge is 0.317 e. The number of amides is 2. The minimum Gasteiger partial charge on any atom is -0.335 e. The molecule has 1 heterocycles. The Morgan fingerprint density at radius 3 is 2.28 bits per heavy atom. The van der Waals surface area contributed by atoms with Crippen LogP contribution in [0.1, 0.15) is 58.9 Å². The van der Waals surface area contributed by atoms with E-state index in [1.54, 1.807) is 0 Å². The third-order valence-electron chi connectivity index (χ3n) is 5.25. The quantitative estimate of drug-likeness (QED) is 0.856. The lowest BCUT2D eigenvalue weighted by molar-refractivity contribution is 0.138. The molecule has 2 fully saturated rings. The number of hydrogen-bond donors (Lipinski definition) is 2. The van der Waals surface area contributed by atoms with Crippen molar-refractivity contribution in [2.24, 2.45) is 0 Å². The van der Waals surface area contributed by atoms with Crippen LogP contribution in [-0.2, 0) is 6.42 Å². The number of rotatable bonds is 5. The number of urea groups is 1. The van der Waals surface area contributed by atoms with Crippen LogP contribution in [0.4, 0.5) is 4.79 Å². The largest absolute Gasteiger partial charge is 0.335 e. The Morgan fingerprint density at radius 2 is 1.72 bits per heavy atom. The highest BCUT2D eigenvalue weighted by Gasteiger charge is 2.40. The molecule has 0 unspecified atom stereocenters. The fourth-order valence-corrected chi connectivity index (χ4v) is 4.41. The number of piperidine rings is 1. The van der Waals surface area contributed by atoms with Gasteiger partial charge in [-0.3, -0.25) is 0 Å². The highest BCUT2D eigenvalue weighted by molar-refractivity contribution is 5.75. The summed E-state index contributed by atoms with van der Waals surface area (Å²) in [4.78, 5) is 15.0. The van der Waals surface area contributed by atoms with Gasteiger partial charge in [0.1, 0.15) is 0 Å². The van der Waals surface area contributed by atoms with E-state index in [4.69, 9.17) is 0 Å². The van der Waals surface area contributed by atoms with Gasteiger partial charge in [0.05, 0.1) is 0 Å². The molecule has 1 aliphatic carbocycles. The van der Waals surface area contributed by atoms with Crippen molar-refractivity contribution in [3.63, 3.8) is 0 Å². The fourth-order valence-electron chi connectivity index (χ4n) is 4.41. The predicted molar refractivity (Wildman–Crippen MR) is 103 cm³/mol. The van der Waals surface area contributed by atoms with Gasteiger partial charge in [-0.1, -0.05) is 30.3 Å².